The fourth-order valence-corrected chi connectivity index (χ4v) is 3.34. The first-order chi connectivity index (χ1) is 16.5. The van der Waals surface area contributed by atoms with Gasteiger partial charge in [0, 0.05) is 37.0 Å². The minimum absolute atomic E-state index is 0.160. The molecule has 0 unspecified atom stereocenters. The zero-order valence-corrected chi connectivity index (χ0v) is 19.5. The summed E-state index contributed by atoms with van der Waals surface area (Å²) in [6, 6.07) is 16.3. The molecule has 10 heteroatoms. The number of carbonyl (C=O) groups excluding carboxylic acids is 1. The maximum Gasteiger partial charge on any atom is 0.251 e. The number of ether oxygens (including phenoxy) is 3. The molecule has 0 bridgehead atoms. The van der Waals surface area contributed by atoms with Gasteiger partial charge in [0.25, 0.3) is 5.91 Å². The van der Waals surface area contributed by atoms with Gasteiger partial charge in [0.2, 0.25) is 5.88 Å². The number of aromatic nitrogens is 4. The average molecular weight is 463 g/mol. The molecule has 0 aliphatic rings. The molecule has 0 atom stereocenters. The molecular weight excluding hydrogens is 436 g/mol. The highest BCUT2D eigenvalue weighted by atomic mass is 16.5. The number of fused-ring (bicyclic) bond motifs is 1. The van der Waals surface area contributed by atoms with Crippen LogP contribution in [0.4, 0.5) is 5.69 Å². The van der Waals surface area contributed by atoms with Gasteiger partial charge >= 0.3 is 0 Å². The van der Waals surface area contributed by atoms with Crippen molar-refractivity contribution >= 4 is 17.2 Å². The number of anilines is 1. The van der Waals surface area contributed by atoms with Crippen LogP contribution in [-0.4, -0.2) is 67.2 Å². The molecule has 10 nitrogen and oxygen atoms in total. The van der Waals surface area contributed by atoms with Crippen molar-refractivity contribution in [2.24, 2.45) is 0 Å². The van der Waals surface area contributed by atoms with Gasteiger partial charge in [0.1, 0.15) is 6.61 Å². The number of hydrogen-bond donors (Lipinski definition) is 1. The monoisotopic (exact) mass is 462 g/mol. The lowest BCUT2D eigenvalue weighted by Crippen LogP contribution is -2.28. The molecule has 1 N–H and O–H groups in total. The lowest BCUT2D eigenvalue weighted by Gasteiger charge is -2.12. The maximum atomic E-state index is 12.3. The van der Waals surface area contributed by atoms with E-state index >= 15 is 0 Å². The summed E-state index contributed by atoms with van der Waals surface area (Å²) in [6.45, 7) is 0.590. The molecule has 4 rings (SSSR count). The predicted molar refractivity (Wildman–Crippen MR) is 128 cm³/mol. The van der Waals surface area contributed by atoms with Gasteiger partial charge in [0.05, 0.1) is 20.8 Å². The van der Waals surface area contributed by atoms with Crippen molar-refractivity contribution in [2.75, 3.05) is 46.4 Å². The van der Waals surface area contributed by atoms with E-state index in [1.54, 1.807) is 49.1 Å². The van der Waals surface area contributed by atoms with Gasteiger partial charge in [-0.2, -0.15) is 4.52 Å². The van der Waals surface area contributed by atoms with E-state index in [1.807, 2.05) is 43.3 Å². The summed E-state index contributed by atoms with van der Waals surface area (Å²) in [6.07, 6.45) is 0. The Balaban J connectivity index is 1.40. The summed E-state index contributed by atoms with van der Waals surface area (Å²) < 4.78 is 18.0. The Labute approximate surface area is 197 Å². The smallest absolute Gasteiger partial charge is 0.251 e. The first kappa shape index (κ1) is 22.8. The van der Waals surface area contributed by atoms with Crippen molar-refractivity contribution in [1.29, 1.82) is 0 Å². The second kappa shape index (κ2) is 10.1. The summed E-state index contributed by atoms with van der Waals surface area (Å²) in [7, 11) is 7.06. The number of nitrogens with one attached hydrogen (secondary N) is 1. The SMILES string of the molecule is COc1ccc(-c2nnc3ccc(OCCNC(=O)c4ccc(N(C)C)cc4)nn23)cc1OC. The highest BCUT2D eigenvalue weighted by Gasteiger charge is 2.14. The molecular formula is C24H26N6O4. The fourth-order valence-electron chi connectivity index (χ4n) is 3.34. The van der Waals surface area contributed by atoms with Crippen LogP contribution in [-0.2, 0) is 0 Å². The number of rotatable bonds is 9. The summed E-state index contributed by atoms with van der Waals surface area (Å²) in [5, 5.41) is 15.8. The Bertz CT molecular complexity index is 1290. The van der Waals surface area contributed by atoms with Crippen molar-refractivity contribution < 1.29 is 19.0 Å². The van der Waals surface area contributed by atoms with E-state index in [-0.39, 0.29) is 12.5 Å². The summed E-state index contributed by atoms with van der Waals surface area (Å²) in [4.78, 5) is 14.3. The lowest BCUT2D eigenvalue weighted by molar-refractivity contribution is 0.0946. The van der Waals surface area contributed by atoms with Gasteiger partial charge in [-0.05, 0) is 48.5 Å². The van der Waals surface area contributed by atoms with Gasteiger partial charge in [-0.1, -0.05) is 0 Å². The molecule has 176 valence electrons. The van der Waals surface area contributed by atoms with Crippen LogP contribution in [0.2, 0.25) is 0 Å². The van der Waals surface area contributed by atoms with E-state index in [0.29, 0.717) is 41.0 Å². The first-order valence-corrected chi connectivity index (χ1v) is 10.6. The van der Waals surface area contributed by atoms with E-state index in [0.717, 1.165) is 11.3 Å². The minimum Gasteiger partial charge on any atom is -0.493 e. The molecule has 2 aromatic heterocycles. The van der Waals surface area contributed by atoms with Gasteiger partial charge in [-0.15, -0.1) is 15.3 Å². The third-order valence-electron chi connectivity index (χ3n) is 5.16. The van der Waals surface area contributed by atoms with Crippen molar-refractivity contribution in [3.8, 4) is 28.8 Å². The normalized spacial score (nSPS) is 10.7. The van der Waals surface area contributed by atoms with Crippen molar-refractivity contribution in [2.45, 2.75) is 0 Å². The van der Waals surface area contributed by atoms with Gasteiger partial charge in [-0.25, -0.2) is 0 Å². The summed E-state index contributed by atoms with van der Waals surface area (Å²) in [5.41, 5.74) is 2.96. The Hall–Kier alpha value is -4.34. The first-order valence-electron chi connectivity index (χ1n) is 10.6. The van der Waals surface area contributed by atoms with Gasteiger partial charge < -0.3 is 24.4 Å². The highest BCUT2D eigenvalue weighted by Crippen LogP contribution is 2.31. The molecule has 34 heavy (non-hydrogen) atoms. The number of methoxy groups -OCH3 is 2. The molecule has 0 saturated carbocycles. The van der Waals surface area contributed by atoms with Crippen LogP contribution in [0.15, 0.2) is 54.6 Å². The van der Waals surface area contributed by atoms with Crippen LogP contribution in [0.5, 0.6) is 17.4 Å². The predicted octanol–water partition coefficient (Wildman–Crippen LogP) is 2.68. The van der Waals surface area contributed by atoms with E-state index in [4.69, 9.17) is 14.2 Å². The number of carbonyl (C=O) groups is 1. The third-order valence-corrected chi connectivity index (χ3v) is 5.16. The van der Waals surface area contributed by atoms with Crippen molar-refractivity contribution in [1.82, 2.24) is 25.1 Å². The van der Waals surface area contributed by atoms with Crippen molar-refractivity contribution in [3.05, 3.63) is 60.2 Å². The fraction of sp³-hybridized carbons (Fsp3) is 0.250. The molecule has 1 amide bonds. The third kappa shape index (κ3) is 4.85. The molecule has 2 aromatic carbocycles. The molecule has 4 aromatic rings. The van der Waals surface area contributed by atoms with Crippen LogP contribution >= 0.6 is 0 Å². The van der Waals surface area contributed by atoms with E-state index in [2.05, 4.69) is 20.6 Å². The Morgan fingerprint density at radius 2 is 1.74 bits per heavy atom. The van der Waals surface area contributed by atoms with Crippen LogP contribution in [0.25, 0.3) is 17.0 Å². The van der Waals surface area contributed by atoms with Crippen LogP contribution in [0, 0.1) is 0 Å². The molecule has 0 aliphatic carbocycles. The lowest BCUT2D eigenvalue weighted by atomic mass is 10.2. The molecule has 0 radical (unpaired) electrons. The second-order valence-electron chi connectivity index (χ2n) is 7.58. The maximum absolute atomic E-state index is 12.3. The van der Waals surface area contributed by atoms with Gasteiger partial charge in [-0.3, -0.25) is 4.79 Å². The summed E-state index contributed by atoms with van der Waals surface area (Å²) in [5.74, 6) is 1.96. The quantitative estimate of drug-likeness (QED) is 0.379. The Morgan fingerprint density at radius 1 is 0.971 bits per heavy atom. The van der Waals surface area contributed by atoms with E-state index in [9.17, 15) is 4.79 Å². The van der Waals surface area contributed by atoms with E-state index in [1.165, 1.54) is 0 Å². The van der Waals surface area contributed by atoms with Crippen LogP contribution in [0.3, 0.4) is 0 Å². The number of amides is 1. The Kier molecular flexibility index (Phi) is 6.77. The topological polar surface area (TPSA) is 103 Å². The Morgan fingerprint density at radius 3 is 2.44 bits per heavy atom. The van der Waals surface area contributed by atoms with Crippen LogP contribution < -0.4 is 24.4 Å². The second-order valence-corrected chi connectivity index (χ2v) is 7.58. The summed E-state index contributed by atoms with van der Waals surface area (Å²) >= 11 is 0. The zero-order chi connectivity index (χ0) is 24.1. The molecule has 0 aliphatic heterocycles. The van der Waals surface area contributed by atoms with Gasteiger partial charge in [0.15, 0.2) is 23.0 Å². The van der Waals surface area contributed by atoms with Crippen molar-refractivity contribution in [3.63, 3.8) is 0 Å². The largest absolute Gasteiger partial charge is 0.493 e. The average Bonchev–Trinajstić information content (AvgIpc) is 3.29. The molecule has 0 saturated heterocycles. The minimum atomic E-state index is -0.160. The standard InChI is InChI=1S/C24H26N6O4/c1-29(2)18-8-5-16(6-9-18)24(31)25-13-14-34-22-12-11-21-26-27-23(30(21)28-22)17-7-10-19(32-3)20(15-17)33-4/h5-12,15H,13-14H2,1-4H3,(H,25,31). The zero-order valence-electron chi connectivity index (χ0n) is 19.5. The van der Waals surface area contributed by atoms with Crippen LogP contribution in [0.1, 0.15) is 10.4 Å². The van der Waals surface area contributed by atoms with E-state index < -0.39 is 0 Å². The number of benzene rings is 2. The highest BCUT2D eigenvalue weighted by molar-refractivity contribution is 5.94. The molecule has 0 spiro atoms. The number of nitrogens with zero attached hydrogens (tertiary/aromatic N) is 5. The number of hydrogen-bond acceptors (Lipinski definition) is 8. The molecule has 0 fully saturated rings. The molecule has 2 heterocycles.